The van der Waals surface area contributed by atoms with Crippen LogP contribution in [-0.4, -0.2) is 44.6 Å². The van der Waals surface area contributed by atoms with Gasteiger partial charge in [0.05, 0.1) is 34.1 Å². The van der Waals surface area contributed by atoms with E-state index in [1.165, 1.54) is 48.5 Å². The smallest absolute Gasteiger partial charge is 0.416 e. The average Bonchev–Trinajstić information content (AvgIpc) is 3.43. The monoisotopic (exact) mass is 585 g/mol. The lowest BCUT2D eigenvalue weighted by atomic mass is 9.76. The number of benzene rings is 3. The van der Waals surface area contributed by atoms with Crippen molar-refractivity contribution in [2.45, 2.75) is 30.8 Å². The largest absolute Gasteiger partial charge is 0.480 e. The van der Waals surface area contributed by atoms with Gasteiger partial charge in [0.25, 0.3) is 5.69 Å². The summed E-state index contributed by atoms with van der Waals surface area (Å²) < 4.78 is 45.1. The van der Waals surface area contributed by atoms with Crippen molar-refractivity contribution in [1.82, 2.24) is 5.32 Å². The normalized spacial score (nSPS) is 24.4. The van der Waals surface area contributed by atoms with E-state index >= 15 is 0 Å². The quantitative estimate of drug-likeness (QED) is 0.211. The van der Waals surface area contributed by atoms with Crippen LogP contribution in [0.2, 0.25) is 0 Å². The number of carbonyl (C=O) groups excluding carboxylic acids is 2. The van der Waals surface area contributed by atoms with Gasteiger partial charge in [-0.1, -0.05) is 24.3 Å². The van der Waals surface area contributed by atoms with Gasteiger partial charge in [0, 0.05) is 18.2 Å². The number of anilines is 1. The fourth-order valence-corrected chi connectivity index (χ4v) is 5.63. The summed E-state index contributed by atoms with van der Waals surface area (Å²) in [5.41, 5.74) is -3.55. The summed E-state index contributed by atoms with van der Waals surface area (Å²) in [5.74, 6) is -6.48. The van der Waals surface area contributed by atoms with Gasteiger partial charge in [-0.2, -0.15) is 13.2 Å². The average molecular weight is 585 g/mol. The summed E-state index contributed by atoms with van der Waals surface area (Å²) >= 11 is 0. The van der Waals surface area contributed by atoms with Crippen molar-refractivity contribution in [3.8, 4) is 11.5 Å². The molecule has 11 nitrogen and oxygen atoms in total. The number of nitrogens with zero attached hydrogens (tertiary/aromatic N) is 2. The number of nitro groups is 1. The number of carboxylic acids is 1. The molecule has 5 atom stereocenters. The van der Waals surface area contributed by atoms with Gasteiger partial charge in [-0.15, -0.1) is 0 Å². The minimum absolute atomic E-state index is 0.0577. The number of carbonyl (C=O) groups is 3. The van der Waals surface area contributed by atoms with Crippen LogP contribution in [-0.2, 0) is 20.6 Å². The van der Waals surface area contributed by atoms with Crippen LogP contribution in [0.4, 0.5) is 24.5 Å². The zero-order valence-corrected chi connectivity index (χ0v) is 21.6. The Kier molecular flexibility index (Phi) is 6.99. The van der Waals surface area contributed by atoms with Crippen molar-refractivity contribution >= 4 is 29.2 Å². The van der Waals surface area contributed by atoms with Crippen LogP contribution in [0.1, 0.15) is 24.1 Å². The number of nitrogens with one attached hydrogen (secondary N) is 1. The lowest BCUT2D eigenvalue weighted by Gasteiger charge is -2.33. The van der Waals surface area contributed by atoms with Gasteiger partial charge in [0.15, 0.2) is 5.54 Å². The van der Waals surface area contributed by atoms with Crippen molar-refractivity contribution in [2.75, 3.05) is 4.90 Å². The number of carboxylic acid groups (broad SMARTS) is 1. The molecule has 2 aliphatic heterocycles. The summed E-state index contributed by atoms with van der Waals surface area (Å²) in [7, 11) is 0. The number of ether oxygens (including phenoxy) is 1. The number of non-ortho nitro benzene ring substituents is 1. The maximum Gasteiger partial charge on any atom is 0.416 e. The topological polar surface area (TPSA) is 159 Å². The summed E-state index contributed by atoms with van der Waals surface area (Å²) in [6.45, 7) is 1.15. The van der Waals surface area contributed by atoms with Crippen LogP contribution < -0.4 is 15.0 Å². The van der Waals surface area contributed by atoms with Crippen molar-refractivity contribution in [3.05, 3.63) is 94.0 Å². The molecule has 0 aromatic heterocycles. The van der Waals surface area contributed by atoms with E-state index in [-0.39, 0.29) is 22.7 Å². The summed E-state index contributed by atoms with van der Waals surface area (Å²) in [5, 5.41) is 35.0. The molecule has 5 rings (SSSR count). The van der Waals surface area contributed by atoms with E-state index in [1.807, 2.05) is 0 Å². The zero-order valence-electron chi connectivity index (χ0n) is 21.6. The van der Waals surface area contributed by atoms with Gasteiger partial charge in [-0.25, -0.2) is 4.90 Å². The summed E-state index contributed by atoms with van der Waals surface area (Å²) in [6, 6.07) is 13.5. The van der Waals surface area contributed by atoms with Crippen molar-refractivity contribution in [2.24, 2.45) is 11.8 Å². The van der Waals surface area contributed by atoms with E-state index in [0.717, 1.165) is 31.2 Å². The van der Waals surface area contributed by atoms with Crippen LogP contribution in [0.15, 0.2) is 72.8 Å². The Morgan fingerprint density at radius 3 is 2.31 bits per heavy atom. The Bertz CT molecular complexity index is 1610. The van der Waals surface area contributed by atoms with E-state index in [2.05, 4.69) is 5.32 Å². The number of rotatable bonds is 7. The number of aliphatic carboxylic acids is 1. The second-order valence-corrected chi connectivity index (χ2v) is 9.96. The summed E-state index contributed by atoms with van der Waals surface area (Å²) in [6.07, 6.45) is -6.29. The van der Waals surface area contributed by atoms with Gasteiger partial charge in [-0.3, -0.25) is 29.8 Å². The van der Waals surface area contributed by atoms with Crippen LogP contribution in [0.5, 0.6) is 11.5 Å². The molecule has 3 aromatic carbocycles. The first-order valence-corrected chi connectivity index (χ1v) is 12.5. The van der Waals surface area contributed by atoms with E-state index in [1.54, 1.807) is 0 Å². The minimum atomic E-state index is -4.61. The number of hydrogen-bond acceptors (Lipinski definition) is 8. The van der Waals surface area contributed by atoms with Crippen molar-refractivity contribution in [1.29, 1.82) is 0 Å². The van der Waals surface area contributed by atoms with Crippen LogP contribution >= 0.6 is 0 Å². The van der Waals surface area contributed by atoms with Crippen LogP contribution in [0, 0.1) is 22.0 Å². The number of hydrogen-bond donors (Lipinski definition) is 3. The maximum absolute atomic E-state index is 13.8. The molecule has 3 aromatic rings. The van der Waals surface area contributed by atoms with Crippen molar-refractivity contribution < 1.29 is 47.4 Å². The molecule has 5 unspecified atom stereocenters. The predicted molar refractivity (Wildman–Crippen MR) is 138 cm³/mol. The standard InChI is InChI=1S/C28H22F3N3O8/c1-14(35)27(26(38)39)22-21(24(36)33(25(22)37)17-7-4-8-18(13-17)34(40)41)23(32-27)15-5-2-9-19(11-15)42-20-10-3-6-16(12-20)28(29,30)31/h2-14,21-23,32,35H,1H3,(H,38,39). The number of aliphatic hydroxyl groups excluding tert-OH is 1. The third-order valence-corrected chi connectivity index (χ3v) is 7.52. The fraction of sp³-hybridized carbons (Fsp3) is 0.250. The molecule has 2 amide bonds. The molecule has 0 aliphatic carbocycles. The molecule has 14 heteroatoms. The number of alkyl halides is 3. The molecule has 2 saturated heterocycles. The Morgan fingerprint density at radius 1 is 1.05 bits per heavy atom. The number of fused-ring (bicyclic) bond motifs is 1. The predicted octanol–water partition coefficient (Wildman–Crippen LogP) is 4.06. The highest BCUT2D eigenvalue weighted by Gasteiger charge is 2.70. The highest BCUT2D eigenvalue weighted by molar-refractivity contribution is 6.24. The molecule has 0 bridgehead atoms. The number of halogens is 3. The number of nitro benzene ring substituents is 1. The van der Waals surface area contributed by atoms with E-state index in [0.29, 0.717) is 4.90 Å². The first kappa shape index (κ1) is 28.7. The second-order valence-electron chi connectivity index (χ2n) is 9.96. The zero-order chi connectivity index (χ0) is 30.6. The molecule has 0 saturated carbocycles. The Hall–Kier alpha value is -4.82. The molecular weight excluding hydrogens is 563 g/mol. The molecule has 0 radical (unpaired) electrons. The molecular formula is C28H22F3N3O8. The highest BCUT2D eigenvalue weighted by Crippen LogP contribution is 2.51. The molecule has 42 heavy (non-hydrogen) atoms. The molecule has 218 valence electrons. The first-order valence-electron chi connectivity index (χ1n) is 12.5. The molecule has 0 spiro atoms. The van der Waals surface area contributed by atoms with Crippen molar-refractivity contribution in [3.63, 3.8) is 0 Å². The third kappa shape index (κ3) is 4.63. The maximum atomic E-state index is 13.8. The van der Waals surface area contributed by atoms with Gasteiger partial charge in [0.2, 0.25) is 11.8 Å². The van der Waals surface area contributed by atoms with Crippen LogP contribution in [0.25, 0.3) is 0 Å². The molecule has 3 N–H and O–H groups in total. The SMILES string of the molecule is CC(O)C1(C(=O)O)NC(c2cccc(Oc3cccc(C(F)(F)F)c3)c2)C2C(=O)N(c3cccc([N+](=O)[O-])c3)C(=O)C21. The first-order chi connectivity index (χ1) is 19.8. The molecule has 2 heterocycles. The Balaban J connectivity index is 1.56. The van der Waals surface area contributed by atoms with Gasteiger partial charge in [0.1, 0.15) is 11.5 Å². The number of imide groups is 1. The fourth-order valence-electron chi connectivity index (χ4n) is 5.63. The Labute approximate surface area is 235 Å². The van der Waals surface area contributed by atoms with E-state index in [9.17, 15) is 47.9 Å². The van der Waals surface area contributed by atoms with E-state index in [4.69, 9.17) is 4.74 Å². The summed E-state index contributed by atoms with van der Waals surface area (Å²) in [4.78, 5) is 51.4. The number of aliphatic hydroxyl groups is 1. The Morgan fingerprint density at radius 2 is 1.69 bits per heavy atom. The minimum Gasteiger partial charge on any atom is -0.480 e. The second kappa shape index (κ2) is 10.2. The highest BCUT2D eigenvalue weighted by atomic mass is 19.4. The molecule has 2 fully saturated rings. The van der Waals surface area contributed by atoms with Crippen LogP contribution in [0.3, 0.4) is 0 Å². The molecule has 2 aliphatic rings. The van der Waals surface area contributed by atoms with Gasteiger partial charge in [-0.05, 0) is 48.9 Å². The van der Waals surface area contributed by atoms with Gasteiger partial charge < -0.3 is 14.9 Å². The lowest BCUT2D eigenvalue weighted by molar-refractivity contribution is -0.384. The third-order valence-electron chi connectivity index (χ3n) is 7.52. The lowest BCUT2D eigenvalue weighted by Crippen LogP contribution is -2.62. The van der Waals surface area contributed by atoms with E-state index < -0.39 is 69.7 Å². The number of amides is 2. The van der Waals surface area contributed by atoms with Gasteiger partial charge >= 0.3 is 12.1 Å².